The van der Waals surface area contributed by atoms with Gasteiger partial charge in [0.05, 0.1) is 12.8 Å². The SMILES string of the molecule is CCOc1ccc(Nc2cc(-n3cnc(Nc4ccccc4)n3)c(F)cn2)cc1. The highest BCUT2D eigenvalue weighted by atomic mass is 19.1. The van der Waals surface area contributed by atoms with Crippen molar-refractivity contribution in [2.75, 3.05) is 17.2 Å². The number of ether oxygens (including phenoxy) is 1. The fourth-order valence-electron chi connectivity index (χ4n) is 2.71. The zero-order valence-corrected chi connectivity index (χ0v) is 15.7. The molecule has 2 heterocycles. The van der Waals surface area contributed by atoms with E-state index in [4.69, 9.17) is 4.74 Å². The third-order valence-corrected chi connectivity index (χ3v) is 4.04. The Hall–Kier alpha value is -3.94. The Bertz CT molecular complexity index is 1080. The molecule has 146 valence electrons. The number of aromatic nitrogens is 4. The molecule has 0 fully saturated rings. The molecule has 7 nitrogen and oxygen atoms in total. The zero-order valence-electron chi connectivity index (χ0n) is 15.7. The average molecular weight is 390 g/mol. The molecule has 0 saturated carbocycles. The van der Waals surface area contributed by atoms with Crippen LogP contribution in [0.4, 0.5) is 27.5 Å². The second-order valence-corrected chi connectivity index (χ2v) is 6.11. The van der Waals surface area contributed by atoms with Crippen LogP contribution in [0.2, 0.25) is 0 Å². The van der Waals surface area contributed by atoms with Gasteiger partial charge in [0.25, 0.3) is 0 Å². The minimum absolute atomic E-state index is 0.238. The third-order valence-electron chi connectivity index (χ3n) is 4.04. The Kier molecular flexibility index (Phi) is 5.33. The lowest BCUT2D eigenvalue weighted by molar-refractivity contribution is 0.340. The first-order chi connectivity index (χ1) is 14.2. The van der Waals surface area contributed by atoms with E-state index < -0.39 is 5.82 Å². The van der Waals surface area contributed by atoms with Crippen LogP contribution in [-0.4, -0.2) is 26.4 Å². The van der Waals surface area contributed by atoms with E-state index in [1.807, 2.05) is 61.5 Å². The number of hydrogen-bond donors (Lipinski definition) is 2. The van der Waals surface area contributed by atoms with Gasteiger partial charge in [-0.25, -0.2) is 14.1 Å². The predicted molar refractivity (Wildman–Crippen MR) is 110 cm³/mol. The number of benzene rings is 2. The summed E-state index contributed by atoms with van der Waals surface area (Å²) >= 11 is 0. The Labute approximate surface area is 167 Å². The average Bonchev–Trinajstić information content (AvgIpc) is 3.20. The smallest absolute Gasteiger partial charge is 0.246 e. The second kappa shape index (κ2) is 8.39. The van der Waals surface area contributed by atoms with Crippen LogP contribution in [0.5, 0.6) is 5.75 Å². The molecule has 0 unspecified atom stereocenters. The highest BCUT2D eigenvalue weighted by molar-refractivity contribution is 5.59. The summed E-state index contributed by atoms with van der Waals surface area (Å²) in [7, 11) is 0. The molecule has 2 N–H and O–H groups in total. The van der Waals surface area contributed by atoms with Crippen molar-refractivity contribution < 1.29 is 9.13 Å². The summed E-state index contributed by atoms with van der Waals surface area (Å²) in [5, 5.41) is 10.5. The van der Waals surface area contributed by atoms with Gasteiger partial charge >= 0.3 is 0 Å². The number of anilines is 4. The van der Waals surface area contributed by atoms with E-state index in [9.17, 15) is 4.39 Å². The minimum Gasteiger partial charge on any atom is -0.494 e. The normalized spacial score (nSPS) is 10.6. The molecule has 0 aliphatic carbocycles. The van der Waals surface area contributed by atoms with E-state index in [1.165, 1.54) is 11.0 Å². The van der Waals surface area contributed by atoms with Crippen molar-refractivity contribution in [3.8, 4) is 11.4 Å². The van der Waals surface area contributed by atoms with Crippen molar-refractivity contribution in [3.05, 3.63) is 79.0 Å². The number of rotatable bonds is 7. The van der Waals surface area contributed by atoms with Crippen LogP contribution in [0.3, 0.4) is 0 Å². The van der Waals surface area contributed by atoms with Crippen LogP contribution in [0, 0.1) is 5.82 Å². The maximum Gasteiger partial charge on any atom is 0.246 e. The van der Waals surface area contributed by atoms with Gasteiger partial charge in [0, 0.05) is 17.4 Å². The van der Waals surface area contributed by atoms with Crippen molar-refractivity contribution in [1.82, 2.24) is 19.7 Å². The highest BCUT2D eigenvalue weighted by Gasteiger charge is 2.10. The van der Waals surface area contributed by atoms with Gasteiger partial charge in [0.15, 0.2) is 5.82 Å². The van der Waals surface area contributed by atoms with E-state index in [-0.39, 0.29) is 5.69 Å². The Morgan fingerprint density at radius 3 is 2.48 bits per heavy atom. The number of hydrogen-bond acceptors (Lipinski definition) is 6. The molecule has 8 heteroatoms. The predicted octanol–water partition coefficient (Wildman–Crippen LogP) is 4.69. The molecule has 0 amide bonds. The molecule has 0 bridgehead atoms. The van der Waals surface area contributed by atoms with Crippen LogP contribution in [0.15, 0.2) is 73.2 Å². The van der Waals surface area contributed by atoms with E-state index in [2.05, 4.69) is 25.7 Å². The van der Waals surface area contributed by atoms with Gasteiger partial charge in [0.2, 0.25) is 5.95 Å². The van der Waals surface area contributed by atoms with Crippen LogP contribution >= 0.6 is 0 Å². The van der Waals surface area contributed by atoms with E-state index in [1.54, 1.807) is 6.07 Å². The maximum absolute atomic E-state index is 14.4. The number of para-hydroxylation sites is 1. The highest BCUT2D eigenvalue weighted by Crippen LogP contribution is 2.22. The second-order valence-electron chi connectivity index (χ2n) is 6.11. The summed E-state index contributed by atoms with van der Waals surface area (Å²) in [6.45, 7) is 2.54. The molecule has 4 aromatic rings. The summed E-state index contributed by atoms with van der Waals surface area (Å²) in [5.74, 6) is 1.14. The summed E-state index contributed by atoms with van der Waals surface area (Å²) in [6, 6.07) is 18.5. The molecule has 4 rings (SSSR count). The largest absolute Gasteiger partial charge is 0.494 e. The van der Waals surface area contributed by atoms with Crippen LogP contribution < -0.4 is 15.4 Å². The van der Waals surface area contributed by atoms with Gasteiger partial charge in [-0.3, -0.25) is 0 Å². The first-order valence-corrected chi connectivity index (χ1v) is 9.11. The Morgan fingerprint density at radius 1 is 0.966 bits per heavy atom. The summed E-state index contributed by atoms with van der Waals surface area (Å²) < 4.78 is 21.2. The molecule has 0 atom stereocenters. The Balaban J connectivity index is 1.52. The topological polar surface area (TPSA) is 76.9 Å². The van der Waals surface area contributed by atoms with E-state index in [0.717, 1.165) is 23.3 Å². The molecule has 0 aliphatic heterocycles. The molecular weight excluding hydrogens is 371 g/mol. The van der Waals surface area contributed by atoms with Gasteiger partial charge in [-0.05, 0) is 43.3 Å². The zero-order chi connectivity index (χ0) is 20.1. The first kappa shape index (κ1) is 18.4. The van der Waals surface area contributed by atoms with E-state index in [0.29, 0.717) is 18.4 Å². The van der Waals surface area contributed by atoms with Crippen LogP contribution in [-0.2, 0) is 0 Å². The molecule has 0 aliphatic rings. The van der Waals surface area contributed by atoms with Crippen molar-refractivity contribution >= 4 is 23.1 Å². The van der Waals surface area contributed by atoms with E-state index >= 15 is 0 Å². The van der Waals surface area contributed by atoms with Crippen LogP contribution in [0.1, 0.15) is 6.92 Å². The first-order valence-electron chi connectivity index (χ1n) is 9.11. The molecule has 2 aromatic heterocycles. The van der Waals surface area contributed by atoms with Crippen LogP contribution in [0.25, 0.3) is 5.69 Å². The fourth-order valence-corrected chi connectivity index (χ4v) is 2.71. The number of nitrogens with one attached hydrogen (secondary N) is 2. The summed E-state index contributed by atoms with van der Waals surface area (Å²) in [5.41, 5.74) is 1.89. The van der Waals surface area contributed by atoms with Crippen molar-refractivity contribution in [2.24, 2.45) is 0 Å². The molecule has 29 heavy (non-hydrogen) atoms. The lowest BCUT2D eigenvalue weighted by Crippen LogP contribution is -2.03. The quantitative estimate of drug-likeness (QED) is 0.477. The molecule has 0 saturated heterocycles. The third kappa shape index (κ3) is 4.49. The number of pyridine rings is 1. The lowest BCUT2D eigenvalue weighted by atomic mass is 10.3. The van der Waals surface area contributed by atoms with Gasteiger partial charge in [-0.15, -0.1) is 5.10 Å². The monoisotopic (exact) mass is 390 g/mol. The fraction of sp³-hybridized carbons (Fsp3) is 0.0952. The minimum atomic E-state index is -0.501. The maximum atomic E-state index is 14.4. The van der Waals surface area contributed by atoms with Crippen molar-refractivity contribution in [2.45, 2.75) is 6.92 Å². The van der Waals surface area contributed by atoms with Gasteiger partial charge in [-0.1, -0.05) is 18.2 Å². The molecule has 0 spiro atoms. The van der Waals surface area contributed by atoms with Gasteiger partial charge < -0.3 is 15.4 Å². The van der Waals surface area contributed by atoms with Gasteiger partial charge in [-0.2, -0.15) is 4.98 Å². The molecular formula is C21H19FN6O. The molecule has 0 radical (unpaired) electrons. The number of nitrogens with zero attached hydrogens (tertiary/aromatic N) is 4. The Morgan fingerprint density at radius 2 is 1.72 bits per heavy atom. The molecule has 2 aromatic carbocycles. The summed E-state index contributed by atoms with van der Waals surface area (Å²) in [6.07, 6.45) is 2.60. The van der Waals surface area contributed by atoms with Gasteiger partial charge in [0.1, 0.15) is 23.6 Å². The lowest BCUT2D eigenvalue weighted by Gasteiger charge is -2.09. The van der Waals surface area contributed by atoms with Crippen molar-refractivity contribution in [1.29, 1.82) is 0 Å². The van der Waals surface area contributed by atoms with Crippen molar-refractivity contribution in [3.63, 3.8) is 0 Å². The number of halogens is 1. The standard InChI is InChI=1S/C21H19FN6O/c1-2-29-17-10-8-16(9-11-17)25-20-12-19(18(22)13-23-20)28-14-24-21(27-28)26-15-6-4-3-5-7-15/h3-14H,2H2,1H3,(H,23,25)(H,26,27). The summed E-state index contributed by atoms with van der Waals surface area (Å²) in [4.78, 5) is 8.29.